The number of halogens is 1. The van der Waals surface area contributed by atoms with Gasteiger partial charge in [-0.15, -0.1) is 18.8 Å². The standard InChI is InChI=1S/C26H20BrN3/c1-3-17-26-22-10-6-8-12-24(22)29(18-4-2)25(21-9-5-7-11-23(21)28-26)30(26)20-15-13-19(27)14-16-20/h1-2,5-16,25,28H,17-18H2. The number of para-hydroxylation sites is 2. The molecule has 146 valence electrons. The molecule has 2 heterocycles. The molecule has 0 aromatic heterocycles. The Balaban J connectivity index is 1.86. The second-order valence-electron chi connectivity index (χ2n) is 7.52. The Hall–Kier alpha value is -3.34. The summed E-state index contributed by atoms with van der Waals surface area (Å²) in [5.74, 6) is 5.81. The van der Waals surface area contributed by atoms with Crippen LogP contribution in [-0.2, 0) is 5.66 Å². The van der Waals surface area contributed by atoms with Crippen molar-refractivity contribution in [3.63, 3.8) is 0 Å². The summed E-state index contributed by atoms with van der Waals surface area (Å²) in [6.07, 6.45) is 12.2. The van der Waals surface area contributed by atoms with E-state index in [0.717, 1.165) is 27.1 Å². The Kier molecular flexibility index (Phi) is 4.46. The van der Waals surface area contributed by atoms with Crippen LogP contribution in [-0.4, -0.2) is 6.54 Å². The molecule has 5 rings (SSSR count). The van der Waals surface area contributed by atoms with Gasteiger partial charge in [-0.05, 0) is 36.4 Å². The highest BCUT2D eigenvalue weighted by Gasteiger charge is 2.53. The molecular weight excluding hydrogens is 434 g/mol. The third-order valence-corrected chi connectivity index (χ3v) is 6.44. The van der Waals surface area contributed by atoms with Crippen molar-refractivity contribution in [3.8, 4) is 24.7 Å². The highest BCUT2D eigenvalue weighted by atomic mass is 79.9. The van der Waals surface area contributed by atoms with Crippen LogP contribution in [0, 0.1) is 24.7 Å². The number of rotatable bonds is 3. The summed E-state index contributed by atoms with van der Waals surface area (Å²) in [5.41, 5.74) is 5.01. The van der Waals surface area contributed by atoms with E-state index in [9.17, 15) is 0 Å². The number of nitrogens with one attached hydrogen (secondary N) is 1. The van der Waals surface area contributed by atoms with Crippen LogP contribution in [0.1, 0.15) is 23.7 Å². The minimum Gasteiger partial charge on any atom is -0.358 e. The van der Waals surface area contributed by atoms with E-state index in [2.05, 4.69) is 116 Å². The predicted octanol–water partition coefficient (Wildman–Crippen LogP) is 5.71. The number of benzene rings is 3. The Bertz CT molecular complexity index is 1190. The highest BCUT2D eigenvalue weighted by Crippen LogP contribution is 2.55. The minimum absolute atomic E-state index is 0.0806. The van der Waals surface area contributed by atoms with Crippen molar-refractivity contribution in [2.45, 2.75) is 18.2 Å². The molecule has 0 spiro atoms. The van der Waals surface area contributed by atoms with E-state index < -0.39 is 5.66 Å². The smallest absolute Gasteiger partial charge is 0.152 e. The molecule has 0 aliphatic carbocycles. The number of hydrogen-bond donors (Lipinski definition) is 1. The van der Waals surface area contributed by atoms with Gasteiger partial charge in [-0.25, -0.2) is 0 Å². The summed E-state index contributed by atoms with van der Waals surface area (Å²) in [5, 5.41) is 3.82. The molecule has 3 aromatic carbocycles. The lowest BCUT2D eigenvalue weighted by Crippen LogP contribution is -2.64. The molecule has 2 bridgehead atoms. The van der Waals surface area contributed by atoms with Crippen LogP contribution in [0.25, 0.3) is 0 Å². The van der Waals surface area contributed by atoms with Crippen molar-refractivity contribution in [2.24, 2.45) is 0 Å². The lowest BCUT2D eigenvalue weighted by Gasteiger charge is -2.60. The van der Waals surface area contributed by atoms with Crippen molar-refractivity contribution in [1.29, 1.82) is 0 Å². The fraction of sp³-hybridized carbons (Fsp3) is 0.154. The average Bonchev–Trinajstić information content (AvgIpc) is 2.77. The second-order valence-corrected chi connectivity index (χ2v) is 8.44. The Morgan fingerprint density at radius 3 is 2.43 bits per heavy atom. The Morgan fingerprint density at radius 2 is 1.67 bits per heavy atom. The lowest BCUT2D eigenvalue weighted by atomic mass is 9.82. The molecule has 0 saturated heterocycles. The molecule has 0 saturated carbocycles. The van der Waals surface area contributed by atoms with Crippen molar-refractivity contribution in [2.75, 3.05) is 21.7 Å². The molecule has 2 aliphatic heterocycles. The first-order valence-electron chi connectivity index (χ1n) is 9.85. The number of hydrogen-bond acceptors (Lipinski definition) is 3. The van der Waals surface area contributed by atoms with Crippen molar-refractivity contribution < 1.29 is 0 Å². The third-order valence-electron chi connectivity index (χ3n) is 5.91. The molecule has 1 N–H and O–H groups in total. The van der Waals surface area contributed by atoms with E-state index in [-0.39, 0.29) is 6.17 Å². The molecule has 0 fully saturated rings. The van der Waals surface area contributed by atoms with Crippen LogP contribution in [0.15, 0.2) is 77.3 Å². The van der Waals surface area contributed by atoms with Crippen LogP contribution >= 0.6 is 15.9 Å². The molecule has 0 amide bonds. The van der Waals surface area contributed by atoms with E-state index in [1.54, 1.807) is 0 Å². The maximum Gasteiger partial charge on any atom is 0.152 e. The van der Waals surface area contributed by atoms with Gasteiger partial charge in [0.25, 0.3) is 0 Å². The van der Waals surface area contributed by atoms with Crippen LogP contribution in [0.5, 0.6) is 0 Å². The van der Waals surface area contributed by atoms with Gasteiger partial charge in [0.15, 0.2) is 5.66 Å². The van der Waals surface area contributed by atoms with Gasteiger partial charge in [0.05, 0.1) is 13.0 Å². The molecule has 3 nitrogen and oxygen atoms in total. The van der Waals surface area contributed by atoms with Crippen LogP contribution in [0.2, 0.25) is 0 Å². The number of nitrogens with zero attached hydrogens (tertiary/aromatic N) is 2. The SMILES string of the molecule is C#CCN1c2ccccc2C2(CC#C)Nc3ccccc3C1N2c1ccc(Br)cc1. The van der Waals surface area contributed by atoms with Gasteiger partial charge >= 0.3 is 0 Å². The molecule has 3 aromatic rings. The first-order valence-corrected chi connectivity index (χ1v) is 10.6. The number of anilines is 3. The van der Waals surface area contributed by atoms with Crippen LogP contribution < -0.4 is 15.1 Å². The van der Waals surface area contributed by atoms with Crippen molar-refractivity contribution in [3.05, 3.63) is 88.4 Å². The first kappa shape index (κ1) is 18.7. The fourth-order valence-corrected chi connectivity index (χ4v) is 5.05. The van der Waals surface area contributed by atoms with Gasteiger partial charge in [-0.1, -0.05) is 58.2 Å². The number of terminal acetylenes is 2. The van der Waals surface area contributed by atoms with Crippen LogP contribution in [0.3, 0.4) is 0 Å². The summed E-state index contributed by atoms with van der Waals surface area (Å²) in [4.78, 5) is 4.69. The molecule has 0 radical (unpaired) electrons. The monoisotopic (exact) mass is 453 g/mol. The summed E-state index contributed by atoms with van der Waals surface area (Å²) in [7, 11) is 0. The van der Waals surface area contributed by atoms with Gasteiger partial charge in [0.2, 0.25) is 0 Å². The first-order chi connectivity index (χ1) is 14.7. The lowest BCUT2D eigenvalue weighted by molar-refractivity contribution is 0.366. The quantitative estimate of drug-likeness (QED) is 0.512. The zero-order valence-electron chi connectivity index (χ0n) is 16.3. The number of fused-ring (bicyclic) bond motifs is 6. The van der Waals surface area contributed by atoms with Crippen LogP contribution in [0.4, 0.5) is 17.1 Å². The largest absolute Gasteiger partial charge is 0.358 e. The van der Waals surface area contributed by atoms with E-state index in [1.165, 1.54) is 5.56 Å². The van der Waals surface area contributed by atoms with E-state index in [0.29, 0.717) is 13.0 Å². The maximum atomic E-state index is 5.95. The molecular formula is C26H20BrN3. The predicted molar refractivity (Wildman–Crippen MR) is 127 cm³/mol. The molecule has 30 heavy (non-hydrogen) atoms. The second kappa shape index (κ2) is 7.17. The molecule has 2 unspecified atom stereocenters. The minimum atomic E-state index is -0.580. The van der Waals surface area contributed by atoms with Gasteiger partial charge in [-0.2, -0.15) is 0 Å². The van der Waals surface area contributed by atoms with Crippen molar-refractivity contribution >= 4 is 33.0 Å². The van der Waals surface area contributed by atoms with Gasteiger partial charge < -0.3 is 15.1 Å². The normalized spacial score (nSPS) is 21.0. The van der Waals surface area contributed by atoms with E-state index >= 15 is 0 Å². The summed E-state index contributed by atoms with van der Waals surface area (Å²) < 4.78 is 1.04. The Morgan fingerprint density at radius 1 is 0.933 bits per heavy atom. The highest BCUT2D eigenvalue weighted by molar-refractivity contribution is 9.10. The Labute approximate surface area is 185 Å². The maximum absolute atomic E-state index is 5.95. The fourth-order valence-electron chi connectivity index (χ4n) is 4.78. The van der Waals surface area contributed by atoms with E-state index in [4.69, 9.17) is 12.8 Å². The summed E-state index contributed by atoms with van der Waals surface area (Å²) in [6.45, 7) is 0.495. The van der Waals surface area contributed by atoms with Gasteiger partial charge in [-0.3, -0.25) is 0 Å². The zero-order chi connectivity index (χ0) is 20.7. The third kappa shape index (κ3) is 2.61. The molecule has 2 aliphatic rings. The summed E-state index contributed by atoms with van der Waals surface area (Å²) >= 11 is 3.56. The topological polar surface area (TPSA) is 18.5 Å². The van der Waals surface area contributed by atoms with E-state index in [1.807, 2.05) is 0 Å². The van der Waals surface area contributed by atoms with Gasteiger partial charge in [0, 0.05) is 32.7 Å². The molecule has 2 atom stereocenters. The summed E-state index contributed by atoms with van der Waals surface area (Å²) in [6, 6.07) is 25.2. The van der Waals surface area contributed by atoms with Gasteiger partial charge in [0.1, 0.15) is 6.17 Å². The molecule has 4 heteroatoms. The average molecular weight is 454 g/mol. The zero-order valence-corrected chi connectivity index (χ0v) is 17.9. The van der Waals surface area contributed by atoms with Crippen molar-refractivity contribution in [1.82, 2.24) is 0 Å².